The number of nitrogens with zero attached hydrogens (tertiary/aromatic N) is 1. The number of quaternary nitrogens is 1. The Kier molecular flexibility index (Phi) is 42.4. The fourth-order valence-electron chi connectivity index (χ4n) is 7.14. The van der Waals surface area contributed by atoms with E-state index < -0.39 is 20.0 Å². The maximum atomic E-state index is 13.4. The van der Waals surface area contributed by atoms with Gasteiger partial charge in [-0.05, 0) is 76.7 Å². The van der Waals surface area contributed by atoms with E-state index in [1.54, 1.807) is 0 Å². The topological polar surface area (TPSA) is 111 Å². The Hall–Kier alpha value is -2.03. The van der Waals surface area contributed by atoms with Crippen LogP contribution in [0.25, 0.3) is 0 Å². The molecule has 0 bridgehead atoms. The van der Waals surface area contributed by atoms with Crippen LogP contribution in [0, 0.1) is 0 Å². The van der Waals surface area contributed by atoms with E-state index >= 15 is 0 Å². The van der Waals surface area contributed by atoms with Crippen LogP contribution in [0.4, 0.5) is 0 Å². The van der Waals surface area contributed by atoms with Crippen LogP contribution in [0.15, 0.2) is 48.6 Å². The minimum Gasteiger partial charge on any atom is -0.456 e. The van der Waals surface area contributed by atoms with Crippen LogP contribution in [0.5, 0.6) is 0 Å². The number of allylic oxidation sites excluding steroid dienone is 7. The Morgan fingerprint density at radius 3 is 1.52 bits per heavy atom. The summed E-state index contributed by atoms with van der Waals surface area (Å²) in [6.45, 7) is 6.90. The van der Waals surface area contributed by atoms with E-state index in [4.69, 9.17) is 13.8 Å². The number of ether oxygens (including phenoxy) is 1. The third-order valence-corrected chi connectivity index (χ3v) is 12.3. The van der Waals surface area contributed by atoms with Crippen LogP contribution in [0.1, 0.15) is 226 Å². The van der Waals surface area contributed by atoms with Gasteiger partial charge in [0.15, 0.2) is 0 Å². The summed E-state index contributed by atoms with van der Waals surface area (Å²) in [5.74, 6) is -0.532. The lowest BCUT2D eigenvalue weighted by molar-refractivity contribution is -0.870. The van der Waals surface area contributed by atoms with Crippen molar-refractivity contribution in [3.63, 3.8) is 0 Å². The minimum atomic E-state index is -4.44. The maximum Gasteiger partial charge on any atom is 0.472 e. The van der Waals surface area contributed by atoms with E-state index in [0.29, 0.717) is 17.4 Å². The summed E-state index contributed by atoms with van der Waals surface area (Å²) in [6.07, 6.45) is 51.0. The molecule has 0 radical (unpaired) electrons. The number of likely N-dealkylation sites (N-methyl/N-ethyl adjacent to an activating group) is 1. The molecule has 0 aliphatic carbocycles. The van der Waals surface area contributed by atoms with Gasteiger partial charge in [-0.3, -0.25) is 18.6 Å². The summed E-state index contributed by atoms with van der Waals surface area (Å²) >= 11 is 0. The number of unbranched alkanes of at least 4 members (excludes halogenated alkanes) is 25. The van der Waals surface area contributed by atoms with Gasteiger partial charge in [-0.1, -0.05) is 185 Å². The molecule has 0 aromatic heterocycles. The van der Waals surface area contributed by atoms with Gasteiger partial charge in [0, 0.05) is 12.8 Å². The van der Waals surface area contributed by atoms with Crippen molar-refractivity contribution >= 4 is 19.7 Å². The van der Waals surface area contributed by atoms with Crippen molar-refractivity contribution in [3.8, 4) is 0 Å². The molecule has 0 saturated carbocycles. The fraction of sp³-hybridized carbons (Fsp3) is 0.811. The van der Waals surface area contributed by atoms with Crippen molar-refractivity contribution in [2.75, 3.05) is 40.9 Å². The van der Waals surface area contributed by atoms with Crippen molar-refractivity contribution in [3.05, 3.63) is 48.6 Å². The molecule has 9 nitrogen and oxygen atoms in total. The molecular weight excluding hydrogens is 808 g/mol. The molecule has 10 heteroatoms. The summed E-state index contributed by atoms with van der Waals surface area (Å²) in [5, 5.41) is 3.02. The first-order valence-corrected chi connectivity index (χ1v) is 27.5. The van der Waals surface area contributed by atoms with Crippen LogP contribution in [-0.4, -0.2) is 74.3 Å². The average molecular weight is 908 g/mol. The second kappa shape index (κ2) is 43.8. The van der Waals surface area contributed by atoms with E-state index in [9.17, 15) is 19.0 Å². The van der Waals surface area contributed by atoms with Crippen molar-refractivity contribution in [1.29, 1.82) is 0 Å². The SMILES string of the molecule is CCCC/C=C\CCCCCCCC(=O)NC(COP(=O)(O)OCC[N+](C)(C)C)C(/C=C/CCCCCCCCCCC)OC(=O)CCCCCCCC/C=C/C=C/CCCCC. The molecule has 0 fully saturated rings. The van der Waals surface area contributed by atoms with E-state index in [0.717, 1.165) is 103 Å². The standard InChI is InChI=1S/C53H99N2O7P/c1-7-10-13-16-19-22-25-26-27-28-31-34-37-40-43-46-53(57)62-51(44-41-38-35-32-29-23-20-17-14-11-8-2)50(49-61-63(58,59)60-48-47-55(4,5)6)54-52(56)45-42-39-36-33-30-24-21-18-15-12-9-3/h18-19,21-22,25-26,41,44,50-51H,7-17,20,23-24,27-40,42-43,45-49H2,1-6H3,(H-,54,56,58,59)/p+1/b21-18-,22-19+,26-25+,44-41+. The third-order valence-electron chi connectivity index (χ3n) is 11.3. The van der Waals surface area contributed by atoms with E-state index in [1.807, 2.05) is 33.3 Å². The summed E-state index contributed by atoms with van der Waals surface area (Å²) in [4.78, 5) is 37.3. The molecule has 2 N–H and O–H groups in total. The van der Waals surface area contributed by atoms with Gasteiger partial charge in [0.25, 0.3) is 0 Å². The fourth-order valence-corrected chi connectivity index (χ4v) is 7.88. The number of rotatable bonds is 46. The second-order valence-corrected chi connectivity index (χ2v) is 20.2. The number of hydrogen-bond donors (Lipinski definition) is 2. The molecule has 1 amide bonds. The number of carbonyl (C=O) groups is 2. The number of amides is 1. The van der Waals surface area contributed by atoms with Crippen molar-refractivity contribution in [1.82, 2.24) is 5.32 Å². The first-order valence-electron chi connectivity index (χ1n) is 26.0. The highest BCUT2D eigenvalue weighted by Gasteiger charge is 2.30. The van der Waals surface area contributed by atoms with E-state index in [2.05, 4.69) is 62.5 Å². The van der Waals surface area contributed by atoms with Crippen LogP contribution in [-0.2, 0) is 27.9 Å². The lowest BCUT2D eigenvalue weighted by Gasteiger charge is -2.27. The molecule has 0 spiro atoms. The van der Waals surface area contributed by atoms with Crippen LogP contribution >= 0.6 is 7.82 Å². The number of carbonyl (C=O) groups excluding carboxylic acids is 2. The Morgan fingerprint density at radius 2 is 0.984 bits per heavy atom. The Labute approximate surface area is 388 Å². The summed E-state index contributed by atoms with van der Waals surface area (Å²) < 4.78 is 30.4. The van der Waals surface area contributed by atoms with Gasteiger partial charge >= 0.3 is 13.8 Å². The molecule has 0 aromatic carbocycles. The van der Waals surface area contributed by atoms with Gasteiger partial charge in [-0.15, -0.1) is 0 Å². The number of esters is 1. The Bertz CT molecular complexity index is 1230. The zero-order valence-electron chi connectivity index (χ0n) is 41.8. The molecule has 0 aromatic rings. The van der Waals surface area contributed by atoms with Gasteiger partial charge in [0.2, 0.25) is 5.91 Å². The van der Waals surface area contributed by atoms with E-state index in [1.165, 1.54) is 89.9 Å². The lowest BCUT2D eigenvalue weighted by atomic mass is 10.1. The van der Waals surface area contributed by atoms with Crippen molar-refractivity contribution in [2.45, 2.75) is 238 Å². The van der Waals surface area contributed by atoms with Crippen LogP contribution in [0.3, 0.4) is 0 Å². The van der Waals surface area contributed by atoms with Gasteiger partial charge in [-0.25, -0.2) is 4.57 Å². The van der Waals surface area contributed by atoms with Gasteiger partial charge < -0.3 is 19.4 Å². The predicted octanol–water partition coefficient (Wildman–Crippen LogP) is 15.0. The first-order chi connectivity index (χ1) is 30.4. The highest BCUT2D eigenvalue weighted by atomic mass is 31.2. The van der Waals surface area contributed by atoms with E-state index in [-0.39, 0.29) is 31.5 Å². The first kappa shape index (κ1) is 61.0. The van der Waals surface area contributed by atoms with Gasteiger partial charge in [0.05, 0.1) is 33.8 Å². The second-order valence-electron chi connectivity index (χ2n) is 18.7. The molecule has 0 aliphatic heterocycles. The van der Waals surface area contributed by atoms with Gasteiger partial charge in [0.1, 0.15) is 19.3 Å². The number of phosphoric ester groups is 1. The predicted molar refractivity (Wildman–Crippen MR) is 268 cm³/mol. The zero-order chi connectivity index (χ0) is 46.5. The molecular formula is C53H100N2O7P+. The van der Waals surface area contributed by atoms with Crippen LogP contribution in [0.2, 0.25) is 0 Å². The Morgan fingerprint density at radius 1 is 0.556 bits per heavy atom. The van der Waals surface area contributed by atoms with Crippen molar-refractivity contribution in [2.24, 2.45) is 0 Å². The lowest BCUT2D eigenvalue weighted by Crippen LogP contribution is -2.47. The molecule has 0 saturated heterocycles. The molecule has 368 valence electrons. The summed E-state index contributed by atoms with van der Waals surface area (Å²) in [5.41, 5.74) is 0. The largest absolute Gasteiger partial charge is 0.472 e. The third kappa shape index (κ3) is 44.9. The van der Waals surface area contributed by atoms with Gasteiger partial charge in [-0.2, -0.15) is 0 Å². The smallest absolute Gasteiger partial charge is 0.456 e. The summed E-state index contributed by atoms with van der Waals surface area (Å²) in [7, 11) is 1.48. The number of hydrogen-bond acceptors (Lipinski definition) is 6. The molecule has 0 aliphatic rings. The maximum absolute atomic E-state index is 13.4. The normalized spacial score (nSPS) is 14.3. The molecule has 3 atom stereocenters. The number of nitrogens with one attached hydrogen (secondary N) is 1. The molecule has 0 heterocycles. The molecule has 63 heavy (non-hydrogen) atoms. The summed E-state index contributed by atoms with van der Waals surface area (Å²) in [6, 6.07) is -0.853. The molecule has 0 rings (SSSR count). The average Bonchev–Trinajstić information content (AvgIpc) is 3.23. The quantitative estimate of drug-likeness (QED) is 0.0156. The molecule has 3 unspecified atom stereocenters. The van der Waals surface area contributed by atoms with Crippen molar-refractivity contribution < 1.29 is 37.3 Å². The minimum absolute atomic E-state index is 0.0361. The van der Waals surface area contributed by atoms with Crippen LogP contribution < -0.4 is 5.32 Å². The number of phosphoric acid groups is 1. The highest BCUT2D eigenvalue weighted by molar-refractivity contribution is 7.47. The zero-order valence-corrected chi connectivity index (χ0v) is 42.7. The monoisotopic (exact) mass is 908 g/mol. The Balaban J connectivity index is 5.43. The highest BCUT2D eigenvalue weighted by Crippen LogP contribution is 2.43.